The largest absolute Gasteiger partial charge is 0.342 e. The molecule has 1 saturated carbocycles. The molecule has 0 bridgehead atoms. The Bertz CT molecular complexity index is 881. The highest BCUT2D eigenvalue weighted by atomic mass is 19.1. The molecule has 2 aromatic rings. The zero-order chi connectivity index (χ0) is 20.9. The molecule has 1 aliphatic heterocycles. The van der Waals surface area contributed by atoms with Crippen molar-refractivity contribution in [3.8, 4) is 0 Å². The van der Waals surface area contributed by atoms with Crippen LogP contribution in [0.2, 0.25) is 0 Å². The van der Waals surface area contributed by atoms with Crippen molar-refractivity contribution in [2.24, 2.45) is 0 Å². The maximum absolute atomic E-state index is 13.7. The van der Waals surface area contributed by atoms with E-state index in [1.54, 1.807) is 6.07 Å². The lowest BCUT2D eigenvalue weighted by Gasteiger charge is -2.32. The number of hydrogen-bond donors (Lipinski definition) is 1. The first kappa shape index (κ1) is 20.8. The summed E-state index contributed by atoms with van der Waals surface area (Å²) in [5.74, 6) is 2.04. The van der Waals surface area contributed by atoms with Crippen LogP contribution in [-0.4, -0.2) is 33.9 Å². The van der Waals surface area contributed by atoms with Gasteiger partial charge in [-0.25, -0.2) is 14.4 Å². The minimum Gasteiger partial charge on any atom is -0.342 e. The zero-order valence-corrected chi connectivity index (χ0v) is 17.7. The van der Waals surface area contributed by atoms with E-state index in [1.165, 1.54) is 31.4 Å². The van der Waals surface area contributed by atoms with Gasteiger partial charge in [-0.05, 0) is 43.9 Å². The third-order valence-corrected chi connectivity index (χ3v) is 6.33. The number of nitrogens with zero attached hydrogens (tertiary/aromatic N) is 3. The quantitative estimate of drug-likeness (QED) is 0.705. The van der Waals surface area contributed by atoms with Crippen molar-refractivity contribution >= 4 is 17.4 Å². The van der Waals surface area contributed by atoms with Gasteiger partial charge in [0.25, 0.3) is 0 Å². The normalized spacial score (nSPS) is 20.2. The standard InChI is InChI=1S/C24H31FN4O/c1-2-23(30)29-13-7-10-18(16-29)24-27-21(17-8-4-3-5-9-17)15-22(28-24)26-20-12-6-11-19(25)14-20/h6,11-12,14-15,17-18H,2-5,7-10,13,16H2,1H3,(H,26,27,28). The zero-order valence-electron chi connectivity index (χ0n) is 17.7. The van der Waals surface area contributed by atoms with E-state index >= 15 is 0 Å². The summed E-state index contributed by atoms with van der Waals surface area (Å²) in [5.41, 5.74) is 1.76. The Morgan fingerprint density at radius 1 is 1.10 bits per heavy atom. The summed E-state index contributed by atoms with van der Waals surface area (Å²) in [4.78, 5) is 24.0. The lowest BCUT2D eigenvalue weighted by Crippen LogP contribution is -2.39. The Hall–Kier alpha value is -2.50. The van der Waals surface area contributed by atoms with E-state index in [1.807, 2.05) is 24.0 Å². The maximum atomic E-state index is 13.7. The van der Waals surface area contributed by atoms with Crippen molar-refractivity contribution in [2.75, 3.05) is 18.4 Å². The number of benzene rings is 1. The molecule has 4 rings (SSSR count). The van der Waals surface area contributed by atoms with Crippen LogP contribution in [0.3, 0.4) is 0 Å². The number of amides is 1. The van der Waals surface area contributed by atoms with E-state index in [0.717, 1.165) is 43.7 Å². The summed E-state index contributed by atoms with van der Waals surface area (Å²) in [6, 6.07) is 8.47. The summed E-state index contributed by atoms with van der Waals surface area (Å²) in [5, 5.41) is 3.28. The summed E-state index contributed by atoms with van der Waals surface area (Å²) < 4.78 is 13.7. The van der Waals surface area contributed by atoms with Crippen LogP contribution in [0.15, 0.2) is 30.3 Å². The highest BCUT2D eigenvalue weighted by Crippen LogP contribution is 2.34. The first-order chi connectivity index (χ1) is 14.6. The monoisotopic (exact) mass is 410 g/mol. The maximum Gasteiger partial charge on any atom is 0.222 e. The van der Waals surface area contributed by atoms with Gasteiger partial charge in [0, 0.05) is 48.8 Å². The molecule has 6 heteroatoms. The van der Waals surface area contributed by atoms with Crippen LogP contribution >= 0.6 is 0 Å². The van der Waals surface area contributed by atoms with Crippen molar-refractivity contribution < 1.29 is 9.18 Å². The van der Waals surface area contributed by atoms with E-state index in [-0.39, 0.29) is 17.6 Å². The number of carbonyl (C=O) groups is 1. The van der Waals surface area contributed by atoms with Gasteiger partial charge in [-0.15, -0.1) is 0 Å². The molecule has 1 aliphatic carbocycles. The summed E-state index contributed by atoms with van der Waals surface area (Å²) in [6.45, 7) is 3.41. The molecule has 0 spiro atoms. The lowest BCUT2D eigenvalue weighted by atomic mass is 9.86. The van der Waals surface area contributed by atoms with Crippen molar-refractivity contribution in [3.05, 3.63) is 47.7 Å². The fourth-order valence-corrected chi connectivity index (χ4v) is 4.69. The van der Waals surface area contributed by atoms with Crippen LogP contribution in [0.25, 0.3) is 0 Å². The van der Waals surface area contributed by atoms with E-state index in [0.29, 0.717) is 30.4 Å². The van der Waals surface area contributed by atoms with Crippen LogP contribution in [0.1, 0.15) is 81.6 Å². The van der Waals surface area contributed by atoms with Crippen molar-refractivity contribution in [2.45, 2.75) is 70.1 Å². The van der Waals surface area contributed by atoms with Gasteiger partial charge in [0.2, 0.25) is 5.91 Å². The molecule has 2 fully saturated rings. The number of anilines is 2. The van der Waals surface area contributed by atoms with E-state index in [9.17, 15) is 9.18 Å². The SMILES string of the molecule is CCC(=O)N1CCCC(c2nc(Nc3cccc(F)c3)cc(C3CCCCC3)n2)C1. The Kier molecular flexibility index (Phi) is 6.60. The predicted octanol–water partition coefficient (Wildman–Crippen LogP) is 5.52. The van der Waals surface area contributed by atoms with Crippen molar-refractivity contribution in [3.63, 3.8) is 0 Å². The summed E-state index contributed by atoms with van der Waals surface area (Å²) >= 11 is 0. The molecule has 1 aromatic heterocycles. The molecule has 5 nitrogen and oxygen atoms in total. The van der Waals surface area contributed by atoms with Crippen LogP contribution in [-0.2, 0) is 4.79 Å². The predicted molar refractivity (Wildman–Crippen MR) is 116 cm³/mol. The molecular weight excluding hydrogens is 379 g/mol. The van der Waals surface area contributed by atoms with Gasteiger partial charge in [-0.3, -0.25) is 4.79 Å². The molecule has 1 aromatic carbocycles. The smallest absolute Gasteiger partial charge is 0.222 e. The van der Waals surface area contributed by atoms with Crippen molar-refractivity contribution in [1.29, 1.82) is 0 Å². The van der Waals surface area contributed by atoms with Gasteiger partial charge in [0.1, 0.15) is 17.5 Å². The molecule has 1 unspecified atom stereocenters. The number of hydrogen-bond acceptors (Lipinski definition) is 4. The molecule has 0 radical (unpaired) electrons. The number of likely N-dealkylation sites (tertiary alicyclic amines) is 1. The number of nitrogens with one attached hydrogen (secondary N) is 1. The first-order valence-electron chi connectivity index (χ1n) is 11.3. The van der Waals surface area contributed by atoms with E-state index in [2.05, 4.69) is 5.32 Å². The fourth-order valence-electron chi connectivity index (χ4n) is 4.69. The molecule has 1 N–H and O–H groups in total. The van der Waals surface area contributed by atoms with Gasteiger partial charge in [-0.1, -0.05) is 32.3 Å². The molecule has 160 valence electrons. The Balaban J connectivity index is 1.63. The number of piperidine rings is 1. The Morgan fingerprint density at radius 3 is 2.67 bits per heavy atom. The molecule has 2 aliphatic rings. The summed E-state index contributed by atoms with van der Waals surface area (Å²) in [6.07, 6.45) is 8.56. The van der Waals surface area contributed by atoms with Crippen LogP contribution < -0.4 is 5.32 Å². The van der Waals surface area contributed by atoms with Gasteiger partial charge in [0.15, 0.2) is 0 Å². The molecule has 1 atom stereocenters. The average Bonchev–Trinajstić information content (AvgIpc) is 2.79. The number of carbonyl (C=O) groups excluding carboxylic acids is 1. The molecule has 1 amide bonds. The molecule has 30 heavy (non-hydrogen) atoms. The Morgan fingerprint density at radius 2 is 1.90 bits per heavy atom. The second-order valence-corrected chi connectivity index (χ2v) is 8.54. The highest BCUT2D eigenvalue weighted by Gasteiger charge is 2.27. The average molecular weight is 411 g/mol. The van der Waals surface area contributed by atoms with Gasteiger partial charge in [-0.2, -0.15) is 0 Å². The fraction of sp³-hybridized carbons (Fsp3) is 0.542. The topological polar surface area (TPSA) is 58.1 Å². The summed E-state index contributed by atoms with van der Waals surface area (Å²) in [7, 11) is 0. The minimum absolute atomic E-state index is 0.144. The molecule has 1 saturated heterocycles. The second kappa shape index (κ2) is 9.54. The molecule has 2 heterocycles. The number of rotatable bonds is 5. The first-order valence-corrected chi connectivity index (χ1v) is 11.3. The minimum atomic E-state index is -0.275. The third kappa shape index (κ3) is 4.97. The number of aromatic nitrogens is 2. The van der Waals surface area contributed by atoms with Gasteiger partial charge in [0.05, 0.1) is 0 Å². The number of halogens is 1. The Labute approximate surface area is 178 Å². The molecular formula is C24H31FN4O. The van der Waals surface area contributed by atoms with Crippen molar-refractivity contribution in [1.82, 2.24) is 14.9 Å². The third-order valence-electron chi connectivity index (χ3n) is 6.33. The second-order valence-electron chi connectivity index (χ2n) is 8.54. The van der Waals surface area contributed by atoms with Gasteiger partial charge < -0.3 is 10.2 Å². The highest BCUT2D eigenvalue weighted by molar-refractivity contribution is 5.76. The van der Waals surface area contributed by atoms with Crippen LogP contribution in [0, 0.1) is 5.82 Å². The van der Waals surface area contributed by atoms with E-state index in [4.69, 9.17) is 9.97 Å². The lowest BCUT2D eigenvalue weighted by molar-refractivity contribution is -0.132. The van der Waals surface area contributed by atoms with Gasteiger partial charge >= 0.3 is 0 Å². The van der Waals surface area contributed by atoms with Crippen LogP contribution in [0.5, 0.6) is 0 Å². The van der Waals surface area contributed by atoms with Crippen LogP contribution in [0.4, 0.5) is 15.9 Å². The van der Waals surface area contributed by atoms with E-state index < -0.39 is 0 Å².